The van der Waals surface area contributed by atoms with Crippen molar-refractivity contribution >= 4 is 16.9 Å². The van der Waals surface area contributed by atoms with Crippen LogP contribution >= 0.6 is 0 Å². The fourth-order valence-corrected chi connectivity index (χ4v) is 4.21. The van der Waals surface area contributed by atoms with Gasteiger partial charge in [0.15, 0.2) is 0 Å². The topological polar surface area (TPSA) is 78.2 Å². The summed E-state index contributed by atoms with van der Waals surface area (Å²) in [5, 5.41) is 0.882. The van der Waals surface area contributed by atoms with Crippen LogP contribution in [0.25, 0.3) is 11.0 Å². The van der Waals surface area contributed by atoms with Gasteiger partial charge in [0, 0.05) is 37.6 Å². The summed E-state index contributed by atoms with van der Waals surface area (Å²) in [7, 11) is 0. The van der Waals surface area contributed by atoms with E-state index in [1.165, 1.54) is 6.07 Å². The molecule has 1 atom stereocenters. The molecular formula is C23H29NO6. The van der Waals surface area contributed by atoms with E-state index < -0.39 is 0 Å². The number of esters is 1. The molecule has 2 aliphatic heterocycles. The monoisotopic (exact) mass is 415 g/mol. The Kier molecular flexibility index (Phi) is 6.39. The number of rotatable bonds is 7. The molecule has 1 unspecified atom stereocenters. The molecule has 1 saturated heterocycles. The molecule has 1 aromatic heterocycles. The number of hydrogen-bond donors (Lipinski definition) is 0. The molecule has 0 radical (unpaired) electrons. The maximum Gasteiger partial charge on any atom is 0.336 e. The summed E-state index contributed by atoms with van der Waals surface area (Å²) in [5.74, 6) is 0.515. The first-order valence-corrected chi connectivity index (χ1v) is 10.8. The molecule has 0 amide bonds. The van der Waals surface area contributed by atoms with Gasteiger partial charge in [-0.25, -0.2) is 4.79 Å². The third-order valence-electron chi connectivity index (χ3n) is 5.69. The van der Waals surface area contributed by atoms with Crippen molar-refractivity contribution in [1.82, 2.24) is 4.90 Å². The van der Waals surface area contributed by atoms with E-state index >= 15 is 0 Å². The fraction of sp³-hybridized carbons (Fsp3) is 0.565. The lowest BCUT2D eigenvalue weighted by Gasteiger charge is -2.32. The SMILES string of the molecule is CCCOC(=O)CCc1cc2c(C)cc(=O)oc2c2c1OCN(CC1CCCO1)C2. The Balaban J connectivity index is 1.64. The lowest BCUT2D eigenvalue weighted by molar-refractivity contribution is -0.143. The quantitative estimate of drug-likeness (QED) is 0.507. The molecule has 162 valence electrons. The van der Waals surface area contributed by atoms with Crippen LogP contribution in [0.4, 0.5) is 0 Å². The van der Waals surface area contributed by atoms with Crippen LogP contribution < -0.4 is 10.4 Å². The number of carbonyl (C=O) groups is 1. The molecule has 1 aromatic carbocycles. The Labute approximate surface area is 175 Å². The molecule has 2 aromatic rings. The van der Waals surface area contributed by atoms with E-state index in [4.69, 9.17) is 18.6 Å². The minimum absolute atomic E-state index is 0.210. The predicted molar refractivity (Wildman–Crippen MR) is 112 cm³/mol. The van der Waals surface area contributed by atoms with Crippen LogP contribution in [0.1, 0.15) is 49.3 Å². The zero-order chi connectivity index (χ0) is 21.1. The third-order valence-corrected chi connectivity index (χ3v) is 5.69. The largest absolute Gasteiger partial charge is 0.477 e. The smallest absolute Gasteiger partial charge is 0.336 e. The zero-order valence-electron chi connectivity index (χ0n) is 17.7. The number of carbonyl (C=O) groups excluding carboxylic acids is 1. The van der Waals surface area contributed by atoms with Crippen LogP contribution in [0.3, 0.4) is 0 Å². The second-order valence-electron chi connectivity index (χ2n) is 8.11. The van der Waals surface area contributed by atoms with Crippen molar-refractivity contribution in [3.8, 4) is 5.75 Å². The molecule has 30 heavy (non-hydrogen) atoms. The molecule has 0 saturated carbocycles. The maximum atomic E-state index is 12.0. The molecule has 0 spiro atoms. The molecule has 7 heteroatoms. The highest BCUT2D eigenvalue weighted by Gasteiger charge is 2.28. The first kappa shape index (κ1) is 20.9. The average Bonchev–Trinajstić information content (AvgIpc) is 3.24. The molecule has 7 nitrogen and oxygen atoms in total. The maximum absolute atomic E-state index is 12.0. The van der Waals surface area contributed by atoms with E-state index in [2.05, 4.69) is 4.90 Å². The second kappa shape index (κ2) is 9.18. The van der Waals surface area contributed by atoms with Crippen molar-refractivity contribution < 1.29 is 23.4 Å². The third kappa shape index (κ3) is 4.52. The van der Waals surface area contributed by atoms with Gasteiger partial charge < -0.3 is 18.6 Å². The molecular weight excluding hydrogens is 386 g/mol. The van der Waals surface area contributed by atoms with E-state index in [1.807, 2.05) is 19.9 Å². The van der Waals surface area contributed by atoms with Crippen molar-refractivity contribution in [2.75, 3.05) is 26.5 Å². The standard InChI is InChI=1S/C23H29NO6/c1-3-8-28-20(25)7-6-16-11-18-15(2)10-21(26)30-23(18)19-13-24(14-29-22(16)19)12-17-5-4-9-27-17/h10-11,17H,3-9,12-14H2,1-2H3. The number of nitrogens with zero attached hydrogens (tertiary/aromatic N) is 1. The minimum atomic E-state index is -0.366. The molecule has 0 N–H and O–H groups in total. The molecule has 1 fully saturated rings. The summed E-state index contributed by atoms with van der Waals surface area (Å²) in [6.07, 6.45) is 3.97. The van der Waals surface area contributed by atoms with Gasteiger partial charge in [0.05, 0.1) is 18.3 Å². The predicted octanol–water partition coefficient (Wildman–Crippen LogP) is 3.32. The highest BCUT2D eigenvalue weighted by Crippen LogP contribution is 2.37. The van der Waals surface area contributed by atoms with E-state index in [0.29, 0.717) is 31.9 Å². The molecule has 0 bridgehead atoms. The van der Waals surface area contributed by atoms with Crippen LogP contribution in [-0.2, 0) is 27.2 Å². The van der Waals surface area contributed by atoms with E-state index in [0.717, 1.165) is 60.2 Å². The Morgan fingerprint density at radius 2 is 2.20 bits per heavy atom. The first-order chi connectivity index (χ1) is 14.5. The Bertz CT molecular complexity index is 976. The second-order valence-corrected chi connectivity index (χ2v) is 8.11. The summed E-state index contributed by atoms with van der Waals surface area (Å²) in [5.41, 5.74) is 2.88. The first-order valence-electron chi connectivity index (χ1n) is 10.8. The van der Waals surface area contributed by atoms with E-state index in [1.54, 1.807) is 0 Å². The van der Waals surface area contributed by atoms with Crippen LogP contribution in [0, 0.1) is 6.92 Å². The van der Waals surface area contributed by atoms with Crippen LogP contribution in [0.2, 0.25) is 0 Å². The van der Waals surface area contributed by atoms with Crippen molar-refractivity contribution in [1.29, 1.82) is 0 Å². The van der Waals surface area contributed by atoms with Crippen molar-refractivity contribution in [3.05, 3.63) is 39.2 Å². The van der Waals surface area contributed by atoms with Crippen molar-refractivity contribution in [2.45, 2.75) is 58.6 Å². The van der Waals surface area contributed by atoms with Gasteiger partial charge in [-0.1, -0.05) is 6.92 Å². The molecule has 4 rings (SSSR count). The van der Waals surface area contributed by atoms with E-state index in [-0.39, 0.29) is 24.1 Å². The normalized spacial score (nSPS) is 18.9. The average molecular weight is 415 g/mol. The van der Waals surface area contributed by atoms with Crippen LogP contribution in [0.5, 0.6) is 5.75 Å². The summed E-state index contributed by atoms with van der Waals surface area (Å²) in [6, 6.07) is 3.48. The number of benzene rings is 1. The molecule has 3 heterocycles. The van der Waals surface area contributed by atoms with Crippen LogP contribution in [0.15, 0.2) is 21.3 Å². The van der Waals surface area contributed by atoms with Gasteiger partial charge in [-0.15, -0.1) is 0 Å². The number of hydrogen-bond acceptors (Lipinski definition) is 7. The molecule has 0 aliphatic carbocycles. The van der Waals surface area contributed by atoms with Gasteiger partial charge in [-0.05, 0) is 49.8 Å². The highest BCUT2D eigenvalue weighted by atomic mass is 16.5. The highest BCUT2D eigenvalue weighted by molar-refractivity contribution is 5.86. The fourth-order valence-electron chi connectivity index (χ4n) is 4.21. The number of aryl methyl sites for hydroxylation is 2. The number of ether oxygens (including phenoxy) is 3. The van der Waals surface area contributed by atoms with Gasteiger partial charge >= 0.3 is 11.6 Å². The summed E-state index contributed by atoms with van der Waals surface area (Å²) in [6.45, 7) is 6.97. The van der Waals surface area contributed by atoms with Gasteiger partial charge in [0.25, 0.3) is 0 Å². The van der Waals surface area contributed by atoms with Crippen molar-refractivity contribution in [3.63, 3.8) is 0 Å². The molecule has 2 aliphatic rings. The summed E-state index contributed by atoms with van der Waals surface area (Å²) < 4.78 is 22.7. The van der Waals surface area contributed by atoms with Gasteiger partial charge in [-0.2, -0.15) is 0 Å². The zero-order valence-corrected chi connectivity index (χ0v) is 17.7. The number of fused-ring (bicyclic) bond motifs is 3. The minimum Gasteiger partial charge on any atom is -0.477 e. The van der Waals surface area contributed by atoms with Gasteiger partial charge in [-0.3, -0.25) is 9.69 Å². The summed E-state index contributed by atoms with van der Waals surface area (Å²) >= 11 is 0. The lowest BCUT2D eigenvalue weighted by atomic mass is 9.97. The Hall–Kier alpha value is -2.38. The van der Waals surface area contributed by atoms with Gasteiger partial charge in [0.2, 0.25) is 0 Å². The Morgan fingerprint density at radius 1 is 1.33 bits per heavy atom. The van der Waals surface area contributed by atoms with E-state index in [9.17, 15) is 9.59 Å². The van der Waals surface area contributed by atoms with Crippen molar-refractivity contribution in [2.24, 2.45) is 0 Å². The Morgan fingerprint density at radius 3 is 2.97 bits per heavy atom. The summed E-state index contributed by atoms with van der Waals surface area (Å²) in [4.78, 5) is 26.2. The lowest BCUT2D eigenvalue weighted by Crippen LogP contribution is -2.38. The van der Waals surface area contributed by atoms with Crippen LogP contribution in [-0.4, -0.2) is 43.5 Å². The van der Waals surface area contributed by atoms with Gasteiger partial charge in [0.1, 0.15) is 18.1 Å².